The van der Waals surface area contributed by atoms with Gasteiger partial charge in [0.25, 0.3) is 0 Å². The predicted molar refractivity (Wildman–Crippen MR) is 95.3 cm³/mol. The van der Waals surface area contributed by atoms with Crippen LogP contribution in [-0.2, 0) is 0 Å². The summed E-state index contributed by atoms with van der Waals surface area (Å²) < 4.78 is 0.887. The quantitative estimate of drug-likeness (QED) is 0.428. The molecule has 3 N–H and O–H groups in total. The van der Waals surface area contributed by atoms with Crippen LogP contribution in [0.15, 0.2) is 46.9 Å². The van der Waals surface area contributed by atoms with E-state index in [1.807, 2.05) is 30.3 Å². The molecule has 2 aromatic heterocycles. The van der Waals surface area contributed by atoms with Crippen LogP contribution in [0.3, 0.4) is 0 Å². The smallest absolute Gasteiger partial charge is 0.338 e. The molecular weight excluding hydrogens is 380 g/mol. The van der Waals surface area contributed by atoms with Gasteiger partial charge < -0.3 is 15.1 Å². The molecule has 0 aliphatic rings. The Balaban J connectivity index is 2.02. The van der Waals surface area contributed by atoms with Crippen LogP contribution in [0, 0.1) is 0 Å². The molecule has 0 saturated carbocycles. The Morgan fingerprint density at radius 3 is 2.65 bits per heavy atom. The summed E-state index contributed by atoms with van der Waals surface area (Å²) in [4.78, 5) is 18.2. The molecule has 0 atom stereocenters. The molecule has 2 aromatic carbocycles. The Labute approximate surface area is 144 Å². The Bertz CT molecular complexity index is 1080. The summed E-state index contributed by atoms with van der Waals surface area (Å²) in [6, 6.07) is 12.9. The molecule has 23 heavy (non-hydrogen) atoms. The Morgan fingerprint density at radius 2 is 1.87 bits per heavy atom. The van der Waals surface area contributed by atoms with E-state index in [4.69, 9.17) is 11.6 Å². The lowest BCUT2D eigenvalue weighted by Gasteiger charge is -1.97. The highest BCUT2D eigenvalue weighted by Gasteiger charge is 2.20. The van der Waals surface area contributed by atoms with Crippen LogP contribution in [0.1, 0.15) is 10.4 Å². The molecule has 4 nitrogen and oxygen atoms in total. The van der Waals surface area contributed by atoms with Crippen molar-refractivity contribution < 1.29 is 9.90 Å². The van der Waals surface area contributed by atoms with Gasteiger partial charge in [-0.05, 0) is 36.4 Å². The van der Waals surface area contributed by atoms with E-state index in [9.17, 15) is 9.90 Å². The molecule has 114 valence electrons. The van der Waals surface area contributed by atoms with E-state index < -0.39 is 5.97 Å². The molecule has 0 saturated heterocycles. The second-order valence-corrected chi connectivity index (χ2v) is 6.64. The molecule has 0 spiro atoms. The third-order valence-corrected chi connectivity index (χ3v) is 4.55. The van der Waals surface area contributed by atoms with Crippen molar-refractivity contribution in [2.75, 3.05) is 0 Å². The summed E-state index contributed by atoms with van der Waals surface area (Å²) in [5.74, 6) is -0.967. The molecule has 6 heteroatoms. The highest BCUT2D eigenvalue weighted by atomic mass is 79.9. The van der Waals surface area contributed by atoms with E-state index in [2.05, 4.69) is 25.9 Å². The van der Waals surface area contributed by atoms with Crippen molar-refractivity contribution in [1.82, 2.24) is 9.97 Å². The first-order valence-corrected chi connectivity index (χ1v) is 8.03. The van der Waals surface area contributed by atoms with E-state index in [1.54, 1.807) is 12.1 Å². The molecule has 0 radical (unpaired) electrons. The fourth-order valence-electron chi connectivity index (χ4n) is 2.83. The minimum atomic E-state index is -0.967. The number of nitrogens with one attached hydrogen (secondary N) is 2. The van der Waals surface area contributed by atoms with Crippen LogP contribution in [0.2, 0.25) is 5.02 Å². The van der Waals surface area contributed by atoms with E-state index in [1.165, 1.54) is 0 Å². The van der Waals surface area contributed by atoms with Gasteiger partial charge in [0.15, 0.2) is 0 Å². The van der Waals surface area contributed by atoms with Gasteiger partial charge in [0.2, 0.25) is 0 Å². The zero-order valence-corrected chi connectivity index (χ0v) is 14.0. The number of carboxylic acid groups (broad SMARTS) is 1. The lowest BCUT2D eigenvalue weighted by molar-refractivity contribution is 0.0700. The molecule has 0 fully saturated rings. The predicted octanol–water partition coefficient (Wildman–Crippen LogP) is 5.43. The van der Waals surface area contributed by atoms with Gasteiger partial charge in [-0.25, -0.2) is 4.79 Å². The van der Waals surface area contributed by atoms with Crippen molar-refractivity contribution in [3.05, 3.63) is 57.5 Å². The highest BCUT2D eigenvalue weighted by molar-refractivity contribution is 9.10. The zero-order chi connectivity index (χ0) is 16.1. The van der Waals surface area contributed by atoms with Crippen molar-refractivity contribution in [2.24, 2.45) is 0 Å². The number of hydrogen-bond donors (Lipinski definition) is 3. The molecule has 4 aromatic rings. The zero-order valence-electron chi connectivity index (χ0n) is 11.7. The van der Waals surface area contributed by atoms with E-state index in [0.29, 0.717) is 21.8 Å². The van der Waals surface area contributed by atoms with Crippen molar-refractivity contribution in [3.8, 4) is 11.4 Å². The van der Waals surface area contributed by atoms with Gasteiger partial charge in [-0.2, -0.15) is 0 Å². The highest BCUT2D eigenvalue weighted by Crippen LogP contribution is 2.33. The molecule has 2 heterocycles. The normalized spacial score (nSPS) is 11.4. The van der Waals surface area contributed by atoms with Crippen LogP contribution >= 0.6 is 27.5 Å². The molecule has 0 bridgehead atoms. The third kappa shape index (κ3) is 2.33. The number of aromatic nitrogens is 2. The van der Waals surface area contributed by atoms with Gasteiger partial charge in [0.1, 0.15) is 0 Å². The Morgan fingerprint density at radius 1 is 1.04 bits per heavy atom. The summed E-state index contributed by atoms with van der Waals surface area (Å²) in [7, 11) is 0. The molecule has 0 amide bonds. The maximum absolute atomic E-state index is 11.8. The van der Waals surface area contributed by atoms with Crippen LogP contribution < -0.4 is 0 Å². The number of aromatic carboxylic acids is 1. The number of carbonyl (C=O) groups is 1. The SMILES string of the molecule is O=C(O)c1c(-c2cc3cc(Cl)ccc3[nH]2)[nH]c2cc(Br)ccc12. The van der Waals surface area contributed by atoms with Crippen LogP contribution in [0.5, 0.6) is 0 Å². The van der Waals surface area contributed by atoms with E-state index in [0.717, 1.165) is 20.9 Å². The Hall–Kier alpha value is -2.24. The third-order valence-electron chi connectivity index (χ3n) is 3.83. The number of benzene rings is 2. The van der Waals surface area contributed by atoms with Crippen molar-refractivity contribution in [1.29, 1.82) is 0 Å². The summed E-state index contributed by atoms with van der Waals surface area (Å²) in [6.07, 6.45) is 0. The maximum Gasteiger partial charge on any atom is 0.338 e. The summed E-state index contributed by atoms with van der Waals surface area (Å²) >= 11 is 9.42. The first-order chi connectivity index (χ1) is 11.0. The topological polar surface area (TPSA) is 68.9 Å². The monoisotopic (exact) mass is 388 g/mol. The number of carboxylic acids is 1. The molecule has 0 aliphatic carbocycles. The molecule has 0 aliphatic heterocycles. The van der Waals surface area contributed by atoms with Gasteiger partial charge in [0, 0.05) is 31.3 Å². The molecular formula is C17H10BrClN2O2. The average molecular weight is 390 g/mol. The fourth-order valence-corrected chi connectivity index (χ4v) is 3.37. The van der Waals surface area contributed by atoms with Crippen LogP contribution in [0.4, 0.5) is 0 Å². The second kappa shape index (κ2) is 5.15. The number of hydrogen-bond acceptors (Lipinski definition) is 1. The standard InChI is InChI=1S/C17H10BrClN2O2/c18-9-1-3-11-13(7-9)21-16(15(11)17(22)23)14-6-8-5-10(19)2-4-12(8)20-14/h1-7,20-21H,(H,22,23). The van der Waals surface area contributed by atoms with Gasteiger partial charge in [-0.1, -0.05) is 33.6 Å². The lowest BCUT2D eigenvalue weighted by Crippen LogP contribution is -1.97. The average Bonchev–Trinajstić information content (AvgIpc) is 3.06. The lowest BCUT2D eigenvalue weighted by atomic mass is 10.1. The van der Waals surface area contributed by atoms with E-state index in [-0.39, 0.29) is 5.56 Å². The number of fused-ring (bicyclic) bond motifs is 2. The Kier molecular flexibility index (Phi) is 3.21. The van der Waals surface area contributed by atoms with Gasteiger partial charge >= 0.3 is 5.97 Å². The van der Waals surface area contributed by atoms with Gasteiger partial charge in [-0.3, -0.25) is 0 Å². The van der Waals surface area contributed by atoms with Crippen molar-refractivity contribution in [2.45, 2.75) is 0 Å². The van der Waals surface area contributed by atoms with E-state index >= 15 is 0 Å². The molecule has 4 rings (SSSR count). The van der Waals surface area contributed by atoms with Crippen molar-refractivity contribution >= 4 is 55.3 Å². The first kappa shape index (κ1) is 14.4. The summed E-state index contributed by atoms with van der Waals surface area (Å²) in [5.41, 5.74) is 3.19. The fraction of sp³-hybridized carbons (Fsp3) is 0. The van der Waals surface area contributed by atoms with Crippen LogP contribution in [-0.4, -0.2) is 21.0 Å². The summed E-state index contributed by atoms with van der Waals surface area (Å²) in [6.45, 7) is 0. The number of H-pyrrole nitrogens is 2. The van der Waals surface area contributed by atoms with Gasteiger partial charge in [0.05, 0.1) is 17.0 Å². The molecule has 0 unspecified atom stereocenters. The largest absolute Gasteiger partial charge is 0.478 e. The first-order valence-electron chi connectivity index (χ1n) is 6.86. The number of rotatable bonds is 2. The minimum Gasteiger partial charge on any atom is -0.478 e. The van der Waals surface area contributed by atoms with Crippen LogP contribution in [0.25, 0.3) is 33.2 Å². The number of aromatic amines is 2. The van der Waals surface area contributed by atoms with Gasteiger partial charge in [-0.15, -0.1) is 0 Å². The second-order valence-electron chi connectivity index (χ2n) is 5.28. The number of halogens is 2. The van der Waals surface area contributed by atoms with Crippen molar-refractivity contribution in [3.63, 3.8) is 0 Å². The maximum atomic E-state index is 11.8. The minimum absolute atomic E-state index is 0.255. The summed E-state index contributed by atoms with van der Waals surface area (Å²) in [5, 5.41) is 11.9.